The molecule has 3 nitrogen and oxygen atoms in total. The number of nitrogens with one attached hydrogen (secondary N) is 1. The van der Waals surface area contributed by atoms with Gasteiger partial charge in [-0.15, -0.1) is 0 Å². The van der Waals surface area contributed by atoms with Crippen molar-refractivity contribution in [1.29, 1.82) is 0 Å². The summed E-state index contributed by atoms with van der Waals surface area (Å²) in [5, 5.41) is 12.9. The van der Waals surface area contributed by atoms with Gasteiger partial charge in [0.15, 0.2) is 5.78 Å². The van der Waals surface area contributed by atoms with E-state index in [4.69, 9.17) is 0 Å². The minimum Gasteiger partial charge on any atom is -0.382 e. The zero-order valence-electron chi connectivity index (χ0n) is 11.9. The minimum absolute atomic E-state index is 0.120. The number of alkyl halides is 3. The van der Waals surface area contributed by atoms with Crippen molar-refractivity contribution in [2.24, 2.45) is 0 Å². The Kier molecular flexibility index (Phi) is 3.88. The lowest BCUT2D eigenvalue weighted by Gasteiger charge is -2.43. The second kappa shape index (κ2) is 5.10. The first kappa shape index (κ1) is 16.0. The SMILES string of the molecule is CNC1(c2ccccc2C(F)(F)F)CCCC(C)(O)C1=O. The third kappa shape index (κ3) is 2.58. The van der Waals surface area contributed by atoms with Crippen LogP contribution in [0.15, 0.2) is 24.3 Å². The summed E-state index contributed by atoms with van der Waals surface area (Å²) in [7, 11) is 1.45. The highest BCUT2D eigenvalue weighted by atomic mass is 19.4. The van der Waals surface area contributed by atoms with Crippen LogP contribution in [0.1, 0.15) is 37.3 Å². The van der Waals surface area contributed by atoms with Crippen LogP contribution in [-0.2, 0) is 16.5 Å². The highest BCUT2D eigenvalue weighted by Gasteiger charge is 2.53. The van der Waals surface area contributed by atoms with Crippen LogP contribution in [0, 0.1) is 0 Å². The predicted octanol–water partition coefficient (Wildman–Crippen LogP) is 2.62. The van der Waals surface area contributed by atoms with E-state index in [0.29, 0.717) is 6.42 Å². The highest BCUT2D eigenvalue weighted by Crippen LogP contribution is 2.43. The van der Waals surface area contributed by atoms with E-state index in [2.05, 4.69) is 5.32 Å². The van der Waals surface area contributed by atoms with Crippen LogP contribution >= 0.6 is 0 Å². The Morgan fingerprint density at radius 1 is 1.24 bits per heavy atom. The van der Waals surface area contributed by atoms with Crippen LogP contribution < -0.4 is 5.32 Å². The normalized spacial score (nSPS) is 30.5. The maximum Gasteiger partial charge on any atom is 0.416 e. The van der Waals surface area contributed by atoms with E-state index in [-0.39, 0.29) is 18.4 Å². The summed E-state index contributed by atoms with van der Waals surface area (Å²) in [6.07, 6.45) is -3.61. The molecular weight excluding hydrogens is 283 g/mol. The Morgan fingerprint density at radius 3 is 2.43 bits per heavy atom. The highest BCUT2D eigenvalue weighted by molar-refractivity contribution is 5.97. The molecule has 0 amide bonds. The molecule has 1 aliphatic carbocycles. The van der Waals surface area contributed by atoms with Crippen LogP contribution in [0.5, 0.6) is 0 Å². The van der Waals surface area contributed by atoms with Gasteiger partial charge in [0.2, 0.25) is 0 Å². The third-order valence-electron chi connectivity index (χ3n) is 4.21. The molecule has 1 fully saturated rings. The zero-order chi connectivity index (χ0) is 15.9. The second-order valence-corrected chi connectivity index (χ2v) is 5.66. The van der Waals surface area contributed by atoms with Crippen LogP contribution in [0.2, 0.25) is 0 Å². The number of rotatable bonds is 2. The van der Waals surface area contributed by atoms with Gasteiger partial charge in [-0.3, -0.25) is 4.79 Å². The summed E-state index contributed by atoms with van der Waals surface area (Å²) in [4.78, 5) is 12.6. The lowest BCUT2D eigenvalue weighted by molar-refractivity contribution is -0.150. The van der Waals surface area contributed by atoms with E-state index in [1.54, 1.807) is 0 Å². The van der Waals surface area contributed by atoms with Crippen molar-refractivity contribution in [2.75, 3.05) is 7.05 Å². The van der Waals surface area contributed by atoms with E-state index in [0.717, 1.165) is 6.07 Å². The van der Waals surface area contributed by atoms with Crippen molar-refractivity contribution in [1.82, 2.24) is 5.32 Å². The second-order valence-electron chi connectivity index (χ2n) is 5.66. The van der Waals surface area contributed by atoms with Gasteiger partial charge in [0.05, 0.1) is 5.56 Å². The molecule has 21 heavy (non-hydrogen) atoms. The molecule has 0 radical (unpaired) electrons. The summed E-state index contributed by atoms with van der Waals surface area (Å²) < 4.78 is 39.7. The number of aliphatic hydroxyl groups is 1. The van der Waals surface area contributed by atoms with Crippen molar-refractivity contribution in [3.63, 3.8) is 0 Å². The topological polar surface area (TPSA) is 49.3 Å². The van der Waals surface area contributed by atoms with Gasteiger partial charge in [0, 0.05) is 0 Å². The number of ketones is 1. The summed E-state index contributed by atoms with van der Waals surface area (Å²) in [6, 6.07) is 5.03. The first-order valence-electron chi connectivity index (χ1n) is 6.78. The molecule has 2 N–H and O–H groups in total. The smallest absolute Gasteiger partial charge is 0.382 e. The fourth-order valence-electron chi connectivity index (χ4n) is 3.12. The molecule has 2 atom stereocenters. The lowest BCUT2D eigenvalue weighted by atomic mass is 9.68. The number of hydrogen-bond acceptors (Lipinski definition) is 3. The first-order chi connectivity index (χ1) is 9.65. The van der Waals surface area contributed by atoms with Crippen LogP contribution in [0.25, 0.3) is 0 Å². The predicted molar refractivity (Wildman–Crippen MR) is 71.7 cm³/mol. The molecule has 1 saturated carbocycles. The van der Waals surface area contributed by atoms with E-state index >= 15 is 0 Å². The number of carbonyl (C=O) groups is 1. The zero-order valence-corrected chi connectivity index (χ0v) is 11.9. The molecule has 0 heterocycles. The van der Waals surface area contributed by atoms with Gasteiger partial charge >= 0.3 is 6.18 Å². The van der Waals surface area contributed by atoms with Crippen molar-refractivity contribution < 1.29 is 23.1 Å². The molecule has 0 aliphatic heterocycles. The molecule has 2 rings (SSSR count). The Bertz CT molecular complexity index is 554. The molecule has 1 aliphatic rings. The van der Waals surface area contributed by atoms with Gasteiger partial charge in [-0.25, -0.2) is 0 Å². The van der Waals surface area contributed by atoms with Crippen molar-refractivity contribution in [3.8, 4) is 0 Å². The van der Waals surface area contributed by atoms with Crippen molar-refractivity contribution >= 4 is 5.78 Å². The summed E-state index contributed by atoms with van der Waals surface area (Å²) in [5.74, 6) is -0.611. The fourth-order valence-corrected chi connectivity index (χ4v) is 3.12. The number of Topliss-reactive ketones (excluding diaryl/α,β-unsaturated/α-hetero) is 1. The minimum atomic E-state index is -4.55. The Labute approximate surface area is 121 Å². The van der Waals surface area contributed by atoms with E-state index in [1.807, 2.05) is 0 Å². The largest absolute Gasteiger partial charge is 0.416 e. The number of likely N-dealkylation sites (N-methyl/N-ethyl adjacent to an activating group) is 1. The molecule has 0 spiro atoms. The van der Waals surface area contributed by atoms with E-state index < -0.39 is 28.7 Å². The van der Waals surface area contributed by atoms with E-state index in [1.165, 1.54) is 32.2 Å². The van der Waals surface area contributed by atoms with Gasteiger partial charge in [-0.1, -0.05) is 18.2 Å². The summed E-state index contributed by atoms with van der Waals surface area (Å²) >= 11 is 0. The maximum absolute atomic E-state index is 13.2. The van der Waals surface area contributed by atoms with Crippen molar-refractivity contribution in [3.05, 3.63) is 35.4 Å². The Balaban J connectivity index is 2.65. The molecular formula is C15H18F3NO2. The molecule has 0 bridgehead atoms. The molecule has 2 unspecified atom stereocenters. The van der Waals surface area contributed by atoms with Crippen molar-refractivity contribution in [2.45, 2.75) is 43.5 Å². The molecule has 6 heteroatoms. The molecule has 116 valence electrons. The average molecular weight is 301 g/mol. The fraction of sp³-hybridized carbons (Fsp3) is 0.533. The van der Waals surface area contributed by atoms with Gasteiger partial charge in [-0.05, 0) is 44.9 Å². The molecule has 1 aromatic carbocycles. The molecule has 0 aromatic heterocycles. The van der Waals surface area contributed by atoms with Gasteiger partial charge < -0.3 is 10.4 Å². The monoisotopic (exact) mass is 301 g/mol. The lowest BCUT2D eigenvalue weighted by Crippen LogP contribution is -2.59. The standard InChI is InChI=1S/C15H18F3NO2/c1-13(21)8-5-9-14(19-2,12(13)20)10-6-3-4-7-11(10)15(16,17)18/h3-4,6-7,19,21H,5,8-9H2,1-2H3. The number of carbonyl (C=O) groups excluding carboxylic acids is 1. The van der Waals surface area contributed by atoms with Crippen LogP contribution in [-0.4, -0.2) is 23.5 Å². The molecule has 1 aromatic rings. The summed E-state index contributed by atoms with van der Waals surface area (Å²) in [5.41, 5.74) is -4.09. The average Bonchev–Trinajstić information content (AvgIpc) is 2.41. The maximum atomic E-state index is 13.2. The summed E-state index contributed by atoms with van der Waals surface area (Å²) in [6.45, 7) is 1.36. The van der Waals surface area contributed by atoms with Gasteiger partial charge in [-0.2, -0.15) is 13.2 Å². The van der Waals surface area contributed by atoms with Gasteiger partial charge in [0.25, 0.3) is 0 Å². The number of halogens is 3. The Morgan fingerprint density at radius 2 is 1.86 bits per heavy atom. The number of hydrogen-bond donors (Lipinski definition) is 2. The van der Waals surface area contributed by atoms with E-state index in [9.17, 15) is 23.1 Å². The van der Waals surface area contributed by atoms with Crippen LogP contribution in [0.4, 0.5) is 13.2 Å². The van der Waals surface area contributed by atoms with Gasteiger partial charge in [0.1, 0.15) is 11.1 Å². The number of benzene rings is 1. The van der Waals surface area contributed by atoms with Crippen LogP contribution in [0.3, 0.4) is 0 Å². The third-order valence-corrected chi connectivity index (χ3v) is 4.21. The quantitative estimate of drug-likeness (QED) is 0.883. The Hall–Kier alpha value is -1.40. The first-order valence-corrected chi connectivity index (χ1v) is 6.78. The molecule has 0 saturated heterocycles.